The van der Waals surface area contributed by atoms with E-state index in [9.17, 15) is 14.9 Å². The summed E-state index contributed by atoms with van der Waals surface area (Å²) < 4.78 is 1.78. The average molecular weight is 377 g/mol. The van der Waals surface area contributed by atoms with Gasteiger partial charge in [-0.15, -0.1) is 24.8 Å². The summed E-state index contributed by atoms with van der Waals surface area (Å²) in [5.41, 5.74) is 7.75. The monoisotopic (exact) mass is 376 g/mol. The van der Waals surface area contributed by atoms with E-state index in [4.69, 9.17) is 10.8 Å². The Balaban J connectivity index is 0.00000264. The number of hydrogen-bond acceptors (Lipinski definition) is 5. The van der Waals surface area contributed by atoms with Gasteiger partial charge in [0.2, 0.25) is 0 Å². The number of aliphatic carboxylic acids is 1. The molecule has 2 aromatic rings. The van der Waals surface area contributed by atoms with Crippen LogP contribution in [0.3, 0.4) is 0 Å². The van der Waals surface area contributed by atoms with Gasteiger partial charge in [0, 0.05) is 36.5 Å². The fraction of sp³-hybridized carbons (Fsp3) is 0.286. The maximum absolute atomic E-state index is 10.8. The number of imidazole rings is 1. The second-order valence-electron chi connectivity index (χ2n) is 5.04. The van der Waals surface area contributed by atoms with Gasteiger partial charge in [-0.05, 0) is 18.6 Å². The van der Waals surface area contributed by atoms with Crippen LogP contribution in [0.4, 0.5) is 5.69 Å². The Bertz CT molecular complexity index is 721. The lowest BCUT2D eigenvalue weighted by Gasteiger charge is -2.11. The number of aryl methyl sites for hydroxylation is 1. The van der Waals surface area contributed by atoms with Gasteiger partial charge in [-0.25, -0.2) is 4.98 Å². The molecule has 0 fully saturated rings. The molecule has 0 aliphatic heterocycles. The Hall–Kier alpha value is -2.16. The van der Waals surface area contributed by atoms with E-state index in [1.807, 2.05) is 0 Å². The fourth-order valence-corrected chi connectivity index (χ4v) is 2.19. The number of nitrogens with two attached hydrogens (primary N) is 1. The smallest absolute Gasteiger partial charge is 0.320 e. The Morgan fingerprint density at radius 3 is 2.67 bits per heavy atom. The summed E-state index contributed by atoms with van der Waals surface area (Å²) in [6.45, 7) is 2.12. The first-order chi connectivity index (χ1) is 10.4. The predicted octanol–water partition coefficient (Wildman–Crippen LogP) is 1.95. The summed E-state index contributed by atoms with van der Waals surface area (Å²) in [6, 6.07) is 3.88. The van der Waals surface area contributed by atoms with E-state index in [2.05, 4.69) is 4.98 Å². The molecule has 1 atom stereocenters. The van der Waals surface area contributed by atoms with Crippen molar-refractivity contribution < 1.29 is 14.8 Å². The topological polar surface area (TPSA) is 124 Å². The summed E-state index contributed by atoms with van der Waals surface area (Å²) in [5, 5.41) is 19.7. The lowest BCUT2D eigenvalue weighted by atomic mass is 10.1. The molecule has 8 nitrogen and oxygen atoms in total. The molecule has 10 heteroatoms. The molecular weight excluding hydrogens is 359 g/mol. The molecule has 1 aromatic carbocycles. The predicted molar refractivity (Wildman–Crippen MR) is 93.0 cm³/mol. The summed E-state index contributed by atoms with van der Waals surface area (Å²) in [7, 11) is 0. The molecule has 0 saturated carbocycles. The van der Waals surface area contributed by atoms with Gasteiger partial charge >= 0.3 is 5.97 Å². The number of carboxylic acid groups (broad SMARTS) is 1. The van der Waals surface area contributed by atoms with Gasteiger partial charge in [-0.1, -0.05) is 6.07 Å². The largest absolute Gasteiger partial charge is 0.480 e. The first-order valence-corrected chi connectivity index (χ1v) is 6.59. The van der Waals surface area contributed by atoms with Crippen LogP contribution in [0.25, 0.3) is 0 Å². The van der Waals surface area contributed by atoms with Crippen molar-refractivity contribution in [3.63, 3.8) is 0 Å². The third kappa shape index (κ3) is 5.19. The van der Waals surface area contributed by atoms with Gasteiger partial charge in [-0.3, -0.25) is 14.9 Å². The number of nitro groups is 1. The van der Waals surface area contributed by atoms with Gasteiger partial charge in [0.25, 0.3) is 5.69 Å². The second kappa shape index (κ2) is 9.21. The minimum atomic E-state index is -1.07. The molecule has 0 spiro atoms. The number of halogens is 2. The van der Waals surface area contributed by atoms with Gasteiger partial charge in [0.15, 0.2) is 0 Å². The lowest BCUT2D eigenvalue weighted by Crippen LogP contribution is -2.33. The molecular formula is C14H18Cl2N4O4. The zero-order chi connectivity index (χ0) is 16.3. The Morgan fingerprint density at radius 2 is 2.12 bits per heavy atom. The van der Waals surface area contributed by atoms with Gasteiger partial charge < -0.3 is 15.4 Å². The van der Waals surface area contributed by atoms with Crippen LogP contribution in [0, 0.1) is 17.0 Å². The molecule has 24 heavy (non-hydrogen) atoms. The summed E-state index contributed by atoms with van der Waals surface area (Å²) in [6.07, 6.45) is 3.32. The van der Waals surface area contributed by atoms with Gasteiger partial charge in [-0.2, -0.15) is 0 Å². The molecule has 1 aromatic heterocycles. The first kappa shape index (κ1) is 21.8. The standard InChI is InChI=1S/C14H16N4O4.2ClH/c1-9-4-10(2-3-13(9)18(21)22)7-17-8-16-6-11(17)5-12(15)14(19)20;;/h2-4,6,8,12H,5,7,15H2,1H3,(H,19,20);2*1H/t12-;;/m0../s1. The molecule has 0 aliphatic carbocycles. The summed E-state index contributed by atoms with van der Waals surface area (Å²) >= 11 is 0. The van der Waals surface area contributed by atoms with E-state index in [1.54, 1.807) is 36.1 Å². The Morgan fingerprint density at radius 1 is 1.46 bits per heavy atom. The summed E-state index contributed by atoms with van der Waals surface area (Å²) in [5.74, 6) is -1.07. The van der Waals surface area contributed by atoms with Crippen LogP contribution >= 0.6 is 24.8 Å². The van der Waals surface area contributed by atoms with E-state index in [0.29, 0.717) is 17.8 Å². The van der Waals surface area contributed by atoms with Crippen LogP contribution in [0.1, 0.15) is 16.8 Å². The van der Waals surface area contributed by atoms with Crippen LogP contribution in [0.15, 0.2) is 30.7 Å². The van der Waals surface area contributed by atoms with Crippen LogP contribution in [0.5, 0.6) is 0 Å². The van der Waals surface area contributed by atoms with Crippen molar-refractivity contribution in [2.75, 3.05) is 0 Å². The number of nitro benzene ring substituents is 1. The molecule has 132 valence electrons. The number of carboxylic acids is 1. The van der Waals surface area contributed by atoms with Crippen molar-refractivity contribution in [1.29, 1.82) is 0 Å². The molecule has 0 radical (unpaired) electrons. The highest BCUT2D eigenvalue weighted by Crippen LogP contribution is 2.19. The molecule has 0 aliphatic rings. The average Bonchev–Trinajstić information content (AvgIpc) is 2.85. The summed E-state index contributed by atoms with van der Waals surface area (Å²) in [4.78, 5) is 25.2. The normalized spacial score (nSPS) is 11.1. The number of rotatable bonds is 6. The third-order valence-corrected chi connectivity index (χ3v) is 3.36. The molecule has 0 unspecified atom stereocenters. The highest BCUT2D eigenvalue weighted by Gasteiger charge is 2.15. The zero-order valence-electron chi connectivity index (χ0n) is 12.8. The van der Waals surface area contributed by atoms with Crippen molar-refractivity contribution in [1.82, 2.24) is 9.55 Å². The van der Waals surface area contributed by atoms with E-state index in [-0.39, 0.29) is 36.9 Å². The van der Waals surface area contributed by atoms with E-state index in [0.717, 1.165) is 5.56 Å². The number of aromatic nitrogens is 2. The molecule has 0 bridgehead atoms. The molecule has 0 amide bonds. The third-order valence-electron chi connectivity index (χ3n) is 3.36. The Kier molecular flexibility index (Phi) is 8.38. The maximum Gasteiger partial charge on any atom is 0.320 e. The first-order valence-electron chi connectivity index (χ1n) is 6.59. The minimum absolute atomic E-state index is 0. The molecule has 1 heterocycles. The highest BCUT2D eigenvalue weighted by atomic mass is 35.5. The lowest BCUT2D eigenvalue weighted by molar-refractivity contribution is -0.385. The molecule has 3 N–H and O–H groups in total. The van der Waals surface area contributed by atoms with E-state index < -0.39 is 16.9 Å². The molecule has 0 saturated heterocycles. The number of benzene rings is 1. The minimum Gasteiger partial charge on any atom is -0.480 e. The van der Waals surface area contributed by atoms with Crippen molar-refractivity contribution in [3.05, 3.63) is 57.7 Å². The van der Waals surface area contributed by atoms with Crippen molar-refractivity contribution in [3.8, 4) is 0 Å². The SMILES string of the molecule is Cc1cc(Cn2cncc2C[C@H](N)C(=O)O)ccc1[N+](=O)[O-].Cl.Cl. The maximum atomic E-state index is 10.8. The number of nitrogens with zero attached hydrogens (tertiary/aromatic N) is 3. The zero-order valence-corrected chi connectivity index (χ0v) is 14.4. The highest BCUT2D eigenvalue weighted by molar-refractivity contribution is 5.85. The number of hydrogen-bond donors (Lipinski definition) is 2. The molecule has 2 rings (SSSR count). The van der Waals surface area contributed by atoms with Crippen molar-refractivity contribution in [2.24, 2.45) is 5.73 Å². The van der Waals surface area contributed by atoms with Crippen molar-refractivity contribution in [2.45, 2.75) is 25.9 Å². The van der Waals surface area contributed by atoms with E-state index in [1.165, 1.54) is 6.07 Å². The van der Waals surface area contributed by atoms with Crippen LogP contribution < -0.4 is 5.73 Å². The number of carbonyl (C=O) groups is 1. The fourth-order valence-electron chi connectivity index (χ4n) is 2.19. The second-order valence-corrected chi connectivity index (χ2v) is 5.04. The van der Waals surface area contributed by atoms with Gasteiger partial charge in [0.05, 0.1) is 11.3 Å². The Labute approximate surface area is 150 Å². The quantitative estimate of drug-likeness (QED) is 0.586. The van der Waals surface area contributed by atoms with Crippen LogP contribution in [0.2, 0.25) is 0 Å². The van der Waals surface area contributed by atoms with Crippen molar-refractivity contribution >= 4 is 36.5 Å². The van der Waals surface area contributed by atoms with Crippen LogP contribution in [-0.4, -0.2) is 31.6 Å². The van der Waals surface area contributed by atoms with E-state index >= 15 is 0 Å². The van der Waals surface area contributed by atoms with Gasteiger partial charge in [0.1, 0.15) is 6.04 Å². The van der Waals surface area contributed by atoms with Crippen LogP contribution in [-0.2, 0) is 17.8 Å².